The average Bonchev–Trinajstić information content (AvgIpc) is 2.56. The highest BCUT2D eigenvalue weighted by molar-refractivity contribution is 5.99. The number of nitrogens with one attached hydrogen (secondary N) is 2. The van der Waals surface area contributed by atoms with Crippen molar-refractivity contribution in [3.8, 4) is 0 Å². The van der Waals surface area contributed by atoms with Crippen molar-refractivity contribution in [2.45, 2.75) is 25.8 Å². The number of hydrogen-bond donors (Lipinski definition) is 3. The van der Waals surface area contributed by atoms with E-state index in [1.54, 1.807) is 24.4 Å². The molecule has 0 aliphatic heterocycles. The highest BCUT2D eigenvalue weighted by Crippen LogP contribution is 2.27. The quantitative estimate of drug-likeness (QED) is 0.739. The molecule has 7 heteroatoms. The van der Waals surface area contributed by atoms with Crippen LogP contribution in [0.2, 0.25) is 0 Å². The normalized spacial score (nSPS) is 18.9. The van der Waals surface area contributed by atoms with Crippen LogP contribution in [0.1, 0.15) is 39.4 Å². The van der Waals surface area contributed by atoms with Gasteiger partial charge < -0.3 is 16.4 Å². The van der Waals surface area contributed by atoms with Crippen molar-refractivity contribution in [2.24, 2.45) is 11.7 Å². The number of aryl methyl sites for hydroxylation is 1. The number of primary amides is 1. The molecular formula is C18H21N5O2. The number of hydrogen-bond acceptors (Lipinski definition) is 5. The van der Waals surface area contributed by atoms with E-state index in [0.29, 0.717) is 17.0 Å². The summed E-state index contributed by atoms with van der Waals surface area (Å²) >= 11 is 0. The van der Waals surface area contributed by atoms with Gasteiger partial charge in [-0.3, -0.25) is 9.59 Å². The third kappa shape index (κ3) is 4.32. The van der Waals surface area contributed by atoms with Crippen LogP contribution in [0.15, 0.2) is 36.5 Å². The molecule has 1 aromatic heterocycles. The molecular weight excluding hydrogens is 318 g/mol. The Labute approximate surface area is 146 Å². The summed E-state index contributed by atoms with van der Waals surface area (Å²) in [6, 6.07) is 8.45. The van der Waals surface area contributed by atoms with E-state index in [4.69, 9.17) is 5.73 Å². The number of carbonyl (C=O) groups excluding carboxylic acids is 2. The molecule has 1 fully saturated rings. The minimum absolute atomic E-state index is 0.156. The monoisotopic (exact) mass is 339 g/mol. The van der Waals surface area contributed by atoms with Gasteiger partial charge >= 0.3 is 0 Å². The second-order valence-corrected chi connectivity index (χ2v) is 6.32. The van der Waals surface area contributed by atoms with Crippen molar-refractivity contribution in [2.75, 3.05) is 11.9 Å². The molecule has 1 heterocycles. The van der Waals surface area contributed by atoms with Crippen molar-refractivity contribution in [3.63, 3.8) is 0 Å². The van der Waals surface area contributed by atoms with E-state index in [2.05, 4.69) is 20.6 Å². The maximum Gasteiger partial charge on any atom is 0.251 e. The Bertz CT molecular complexity index is 787. The maximum atomic E-state index is 12.3. The van der Waals surface area contributed by atoms with E-state index in [0.717, 1.165) is 31.0 Å². The van der Waals surface area contributed by atoms with Gasteiger partial charge in [0.2, 0.25) is 5.91 Å². The lowest BCUT2D eigenvalue weighted by molar-refractivity contribution is 0.0894. The molecule has 1 aliphatic rings. The fourth-order valence-corrected chi connectivity index (χ4v) is 2.91. The van der Waals surface area contributed by atoms with E-state index < -0.39 is 5.91 Å². The van der Waals surface area contributed by atoms with E-state index in [1.165, 1.54) is 6.07 Å². The molecule has 7 nitrogen and oxygen atoms in total. The summed E-state index contributed by atoms with van der Waals surface area (Å²) in [6.07, 6.45) is 3.56. The molecule has 0 saturated heterocycles. The summed E-state index contributed by atoms with van der Waals surface area (Å²) < 4.78 is 0. The maximum absolute atomic E-state index is 12.3. The third-order valence-electron chi connectivity index (χ3n) is 4.33. The van der Waals surface area contributed by atoms with Crippen molar-refractivity contribution in [1.29, 1.82) is 0 Å². The van der Waals surface area contributed by atoms with Crippen LogP contribution in [0.3, 0.4) is 0 Å². The van der Waals surface area contributed by atoms with E-state index in [9.17, 15) is 9.59 Å². The van der Waals surface area contributed by atoms with Gasteiger partial charge in [0.1, 0.15) is 11.6 Å². The lowest BCUT2D eigenvalue weighted by Gasteiger charge is -2.36. The number of carbonyl (C=O) groups is 2. The summed E-state index contributed by atoms with van der Waals surface area (Å²) in [7, 11) is 0. The van der Waals surface area contributed by atoms with Crippen molar-refractivity contribution in [3.05, 3.63) is 53.5 Å². The van der Waals surface area contributed by atoms with Crippen LogP contribution < -0.4 is 16.4 Å². The van der Waals surface area contributed by atoms with Gasteiger partial charge in [0, 0.05) is 29.9 Å². The first-order valence-electron chi connectivity index (χ1n) is 8.25. The first-order chi connectivity index (χ1) is 12.0. The van der Waals surface area contributed by atoms with Crippen LogP contribution >= 0.6 is 0 Å². The Morgan fingerprint density at radius 1 is 1.24 bits per heavy atom. The number of nitrogens with zero attached hydrogens (tertiary/aromatic N) is 2. The van der Waals surface area contributed by atoms with Gasteiger partial charge in [-0.2, -0.15) is 0 Å². The van der Waals surface area contributed by atoms with Gasteiger partial charge in [-0.15, -0.1) is 0 Å². The number of aromatic nitrogens is 2. The summed E-state index contributed by atoms with van der Waals surface area (Å²) in [5.41, 5.74) is 6.03. The molecule has 1 aliphatic carbocycles. The Hall–Kier alpha value is -2.96. The van der Waals surface area contributed by atoms with Gasteiger partial charge in [-0.05, 0) is 49.9 Å². The molecule has 3 rings (SSSR count). The number of nitrogens with two attached hydrogens (primary N) is 1. The van der Waals surface area contributed by atoms with Crippen LogP contribution in [0.25, 0.3) is 0 Å². The Morgan fingerprint density at radius 3 is 2.72 bits per heavy atom. The highest BCUT2D eigenvalue weighted by Gasteiger charge is 2.30. The Balaban J connectivity index is 1.45. The summed E-state index contributed by atoms with van der Waals surface area (Å²) in [5, 5.41) is 6.29. The highest BCUT2D eigenvalue weighted by atomic mass is 16.2. The summed E-state index contributed by atoms with van der Waals surface area (Å²) in [4.78, 5) is 31.8. The number of benzene rings is 1. The van der Waals surface area contributed by atoms with Gasteiger partial charge in [-0.25, -0.2) is 9.97 Å². The van der Waals surface area contributed by atoms with E-state index >= 15 is 0 Å². The first kappa shape index (κ1) is 16.9. The van der Waals surface area contributed by atoms with Crippen LogP contribution in [0.5, 0.6) is 0 Å². The van der Waals surface area contributed by atoms with E-state index in [-0.39, 0.29) is 11.9 Å². The predicted octanol–water partition coefficient (Wildman–Crippen LogP) is 1.50. The van der Waals surface area contributed by atoms with Gasteiger partial charge in [0.05, 0.1) is 0 Å². The van der Waals surface area contributed by atoms with Crippen LogP contribution in [0.4, 0.5) is 5.82 Å². The standard InChI is InChI=1S/C18H21N5O2/c1-11-20-6-5-16(22-11)21-10-12-7-15(8-12)23-18(25)14-4-2-3-13(9-14)17(19)24/h2-6,9,12,15H,7-8,10H2,1H3,(H2,19,24)(H,23,25)(H,20,21,22). The van der Waals surface area contributed by atoms with Gasteiger partial charge in [0.15, 0.2) is 0 Å². The molecule has 1 aromatic carbocycles. The molecule has 4 N–H and O–H groups in total. The topological polar surface area (TPSA) is 110 Å². The van der Waals surface area contributed by atoms with Gasteiger partial charge in [-0.1, -0.05) is 6.07 Å². The zero-order valence-corrected chi connectivity index (χ0v) is 14.0. The summed E-state index contributed by atoms with van der Waals surface area (Å²) in [5.74, 6) is 1.35. The fraction of sp³-hybridized carbons (Fsp3) is 0.333. The second kappa shape index (κ2) is 7.29. The average molecular weight is 339 g/mol. The largest absolute Gasteiger partial charge is 0.370 e. The minimum atomic E-state index is -0.538. The van der Waals surface area contributed by atoms with Crippen molar-refractivity contribution in [1.82, 2.24) is 15.3 Å². The van der Waals surface area contributed by atoms with Crippen molar-refractivity contribution >= 4 is 17.6 Å². The van der Waals surface area contributed by atoms with Crippen LogP contribution in [-0.2, 0) is 0 Å². The zero-order chi connectivity index (χ0) is 17.8. The minimum Gasteiger partial charge on any atom is -0.370 e. The molecule has 130 valence electrons. The molecule has 1 saturated carbocycles. The molecule has 0 unspecified atom stereocenters. The lowest BCUT2D eigenvalue weighted by atomic mass is 9.80. The predicted molar refractivity (Wildman–Crippen MR) is 94.2 cm³/mol. The van der Waals surface area contributed by atoms with Crippen LogP contribution in [-0.4, -0.2) is 34.4 Å². The smallest absolute Gasteiger partial charge is 0.251 e. The molecule has 25 heavy (non-hydrogen) atoms. The Morgan fingerprint density at radius 2 is 2.00 bits per heavy atom. The second-order valence-electron chi connectivity index (χ2n) is 6.32. The Kier molecular flexibility index (Phi) is 4.92. The molecule has 0 radical (unpaired) electrons. The van der Waals surface area contributed by atoms with Crippen LogP contribution in [0, 0.1) is 12.8 Å². The molecule has 2 aromatic rings. The van der Waals surface area contributed by atoms with E-state index in [1.807, 2.05) is 13.0 Å². The molecule has 2 amide bonds. The number of rotatable bonds is 6. The zero-order valence-electron chi connectivity index (χ0n) is 14.0. The number of amides is 2. The third-order valence-corrected chi connectivity index (χ3v) is 4.33. The SMILES string of the molecule is Cc1nccc(NCC2CC(NC(=O)c3cccc(C(N)=O)c3)C2)n1. The molecule has 0 bridgehead atoms. The fourth-order valence-electron chi connectivity index (χ4n) is 2.91. The first-order valence-corrected chi connectivity index (χ1v) is 8.25. The number of anilines is 1. The van der Waals surface area contributed by atoms with Crippen molar-refractivity contribution < 1.29 is 9.59 Å². The summed E-state index contributed by atoms with van der Waals surface area (Å²) in [6.45, 7) is 2.67. The lowest BCUT2D eigenvalue weighted by Crippen LogP contribution is -2.46. The molecule has 0 atom stereocenters. The van der Waals surface area contributed by atoms with Gasteiger partial charge in [0.25, 0.3) is 5.91 Å². The molecule has 0 spiro atoms.